The van der Waals surface area contributed by atoms with Crippen LogP contribution in [0.2, 0.25) is 0 Å². The standard InChI is InChI=1S/C23H30N2O4/c1-21(2)13-22(3,15-23(4,27)14-21)16-5-7-17(8-6-16)28-12-18-11-25-10-9-19(26)24-20(25)29-18/h5-10,18,27H,11-15H2,1-4H3/t18-,22?,23?/m0/s1. The van der Waals surface area contributed by atoms with E-state index in [4.69, 9.17) is 9.47 Å². The third-order valence-corrected chi connectivity index (χ3v) is 6.01. The van der Waals surface area contributed by atoms with Crippen molar-refractivity contribution in [3.63, 3.8) is 0 Å². The molecule has 2 aliphatic rings. The molecule has 2 heterocycles. The third-order valence-electron chi connectivity index (χ3n) is 6.01. The number of benzene rings is 1. The molecule has 2 aromatic rings. The number of nitrogens with zero attached hydrogens (tertiary/aromatic N) is 2. The van der Waals surface area contributed by atoms with Gasteiger partial charge in [-0.1, -0.05) is 32.9 Å². The average molecular weight is 399 g/mol. The Morgan fingerprint density at radius 2 is 1.86 bits per heavy atom. The largest absolute Gasteiger partial charge is 0.490 e. The van der Waals surface area contributed by atoms with Crippen LogP contribution < -0.4 is 15.0 Å². The molecule has 2 unspecified atom stereocenters. The highest BCUT2D eigenvalue weighted by atomic mass is 16.6. The molecule has 29 heavy (non-hydrogen) atoms. The maximum atomic E-state index is 11.3. The second-order valence-electron chi connectivity index (χ2n) is 10.0. The van der Waals surface area contributed by atoms with Crippen LogP contribution in [0.15, 0.2) is 41.3 Å². The van der Waals surface area contributed by atoms with Crippen molar-refractivity contribution in [3.8, 4) is 11.8 Å². The lowest BCUT2D eigenvalue weighted by Gasteiger charge is -2.50. The highest BCUT2D eigenvalue weighted by molar-refractivity contribution is 5.33. The number of hydrogen-bond donors (Lipinski definition) is 1. The van der Waals surface area contributed by atoms with E-state index in [0.29, 0.717) is 19.2 Å². The summed E-state index contributed by atoms with van der Waals surface area (Å²) in [4.78, 5) is 15.2. The number of ether oxygens (including phenoxy) is 2. The molecule has 6 nitrogen and oxygen atoms in total. The van der Waals surface area contributed by atoms with Crippen LogP contribution in [-0.4, -0.2) is 33.0 Å². The molecule has 0 radical (unpaired) electrons. The van der Waals surface area contributed by atoms with Gasteiger partial charge in [0, 0.05) is 12.3 Å². The smallest absolute Gasteiger partial charge is 0.300 e. The van der Waals surface area contributed by atoms with E-state index >= 15 is 0 Å². The first kappa shape index (κ1) is 20.0. The van der Waals surface area contributed by atoms with E-state index in [1.54, 1.807) is 6.20 Å². The lowest BCUT2D eigenvalue weighted by atomic mass is 9.57. The van der Waals surface area contributed by atoms with Gasteiger partial charge in [0.05, 0.1) is 12.1 Å². The zero-order valence-corrected chi connectivity index (χ0v) is 17.6. The summed E-state index contributed by atoms with van der Waals surface area (Å²) in [5.41, 5.74) is 0.293. The molecule has 1 aromatic heterocycles. The van der Waals surface area contributed by atoms with Crippen LogP contribution >= 0.6 is 0 Å². The summed E-state index contributed by atoms with van der Waals surface area (Å²) in [5, 5.41) is 10.8. The van der Waals surface area contributed by atoms with Gasteiger partial charge in [-0.3, -0.25) is 9.36 Å². The van der Waals surface area contributed by atoms with Crippen molar-refractivity contribution in [2.24, 2.45) is 5.41 Å². The van der Waals surface area contributed by atoms with Crippen LogP contribution in [0.1, 0.15) is 52.5 Å². The molecule has 1 N–H and O–H groups in total. The van der Waals surface area contributed by atoms with Crippen molar-refractivity contribution in [3.05, 3.63) is 52.4 Å². The van der Waals surface area contributed by atoms with E-state index in [9.17, 15) is 9.90 Å². The summed E-state index contributed by atoms with van der Waals surface area (Å²) in [7, 11) is 0. The van der Waals surface area contributed by atoms with Gasteiger partial charge in [-0.25, -0.2) is 0 Å². The van der Waals surface area contributed by atoms with E-state index in [1.807, 2.05) is 23.6 Å². The van der Waals surface area contributed by atoms with E-state index in [-0.39, 0.29) is 22.5 Å². The van der Waals surface area contributed by atoms with Crippen molar-refractivity contribution < 1.29 is 14.6 Å². The van der Waals surface area contributed by atoms with Gasteiger partial charge in [0.15, 0.2) is 6.10 Å². The Balaban J connectivity index is 1.40. The summed E-state index contributed by atoms with van der Waals surface area (Å²) >= 11 is 0. The fraction of sp³-hybridized carbons (Fsp3) is 0.565. The molecular formula is C23H30N2O4. The van der Waals surface area contributed by atoms with Crippen molar-refractivity contribution >= 4 is 0 Å². The highest BCUT2D eigenvalue weighted by Crippen LogP contribution is 2.51. The maximum Gasteiger partial charge on any atom is 0.300 e. The minimum atomic E-state index is -0.657. The Morgan fingerprint density at radius 3 is 2.55 bits per heavy atom. The van der Waals surface area contributed by atoms with Gasteiger partial charge in [-0.15, -0.1) is 0 Å². The predicted molar refractivity (Wildman–Crippen MR) is 110 cm³/mol. The van der Waals surface area contributed by atoms with Gasteiger partial charge in [-0.05, 0) is 54.7 Å². The normalized spacial score (nSPS) is 30.4. The number of aliphatic hydroxyl groups is 1. The second-order valence-corrected chi connectivity index (χ2v) is 10.0. The minimum Gasteiger partial charge on any atom is -0.490 e. The second kappa shape index (κ2) is 6.87. The Labute approximate surface area is 171 Å². The van der Waals surface area contributed by atoms with Crippen LogP contribution in [-0.2, 0) is 12.0 Å². The molecule has 0 amide bonds. The first-order valence-electron chi connectivity index (χ1n) is 10.2. The molecule has 1 aromatic carbocycles. The minimum absolute atomic E-state index is 0.0711. The summed E-state index contributed by atoms with van der Waals surface area (Å²) in [6, 6.07) is 9.97. The summed E-state index contributed by atoms with van der Waals surface area (Å²) in [5.74, 6) is 0.779. The number of hydrogen-bond acceptors (Lipinski definition) is 5. The lowest BCUT2D eigenvalue weighted by molar-refractivity contribution is -0.0548. The molecule has 0 bridgehead atoms. The zero-order valence-electron chi connectivity index (χ0n) is 17.6. The van der Waals surface area contributed by atoms with Crippen LogP contribution in [0.5, 0.6) is 11.8 Å². The maximum absolute atomic E-state index is 11.3. The molecule has 1 fully saturated rings. The molecule has 4 rings (SSSR count). The molecule has 156 valence electrons. The van der Waals surface area contributed by atoms with E-state index in [1.165, 1.54) is 11.6 Å². The Hall–Kier alpha value is -2.34. The number of aromatic nitrogens is 2. The monoisotopic (exact) mass is 398 g/mol. The van der Waals surface area contributed by atoms with Gasteiger partial charge in [0.25, 0.3) is 11.6 Å². The average Bonchev–Trinajstić information content (AvgIpc) is 2.99. The predicted octanol–water partition coefficient (Wildman–Crippen LogP) is 3.30. The molecule has 3 atom stereocenters. The Bertz CT molecular complexity index is 930. The van der Waals surface area contributed by atoms with Crippen LogP contribution in [0, 0.1) is 5.41 Å². The van der Waals surface area contributed by atoms with Crippen LogP contribution in [0.4, 0.5) is 0 Å². The summed E-state index contributed by atoms with van der Waals surface area (Å²) in [6.07, 6.45) is 4.14. The highest BCUT2D eigenvalue weighted by Gasteiger charge is 2.46. The van der Waals surface area contributed by atoms with Gasteiger partial charge in [0.1, 0.15) is 12.4 Å². The van der Waals surface area contributed by atoms with Gasteiger partial charge in [0.2, 0.25) is 0 Å². The molecular weight excluding hydrogens is 368 g/mol. The molecule has 6 heteroatoms. The first-order valence-corrected chi connectivity index (χ1v) is 10.2. The molecule has 0 saturated heterocycles. The van der Waals surface area contributed by atoms with Gasteiger partial charge in [-0.2, -0.15) is 4.98 Å². The van der Waals surface area contributed by atoms with Crippen molar-refractivity contribution in [2.45, 2.75) is 70.6 Å². The van der Waals surface area contributed by atoms with Gasteiger partial charge < -0.3 is 14.6 Å². The van der Waals surface area contributed by atoms with Crippen molar-refractivity contribution in [1.82, 2.24) is 9.55 Å². The number of fused-ring (bicyclic) bond motifs is 1. The van der Waals surface area contributed by atoms with Crippen LogP contribution in [0.25, 0.3) is 0 Å². The van der Waals surface area contributed by atoms with E-state index < -0.39 is 5.60 Å². The molecule has 1 aliphatic carbocycles. The van der Waals surface area contributed by atoms with Crippen molar-refractivity contribution in [2.75, 3.05) is 6.61 Å². The molecule has 0 spiro atoms. The Kier molecular flexibility index (Phi) is 4.73. The van der Waals surface area contributed by atoms with Gasteiger partial charge >= 0.3 is 0 Å². The van der Waals surface area contributed by atoms with Crippen molar-refractivity contribution in [1.29, 1.82) is 0 Å². The molecule has 1 aliphatic heterocycles. The van der Waals surface area contributed by atoms with E-state index in [0.717, 1.165) is 25.0 Å². The lowest BCUT2D eigenvalue weighted by Crippen LogP contribution is -2.47. The third kappa shape index (κ3) is 4.32. The first-order chi connectivity index (χ1) is 13.5. The topological polar surface area (TPSA) is 73.6 Å². The van der Waals surface area contributed by atoms with E-state index in [2.05, 4.69) is 37.9 Å². The van der Waals surface area contributed by atoms with Crippen LogP contribution in [0.3, 0.4) is 0 Å². The fourth-order valence-corrected chi connectivity index (χ4v) is 5.60. The number of rotatable bonds is 4. The fourth-order valence-electron chi connectivity index (χ4n) is 5.60. The summed E-state index contributed by atoms with van der Waals surface area (Å²) < 4.78 is 13.4. The SMILES string of the molecule is CC1(C)CC(C)(O)CC(C)(c2ccc(OC[C@@H]3Cn4ccc(=O)nc4O3)cc2)C1. The summed E-state index contributed by atoms with van der Waals surface area (Å²) in [6.45, 7) is 9.67. The quantitative estimate of drug-likeness (QED) is 0.855. The Morgan fingerprint density at radius 1 is 1.14 bits per heavy atom. The molecule has 1 saturated carbocycles. The zero-order chi connectivity index (χ0) is 20.9.